The van der Waals surface area contributed by atoms with Crippen LogP contribution in [0.15, 0.2) is 35.7 Å². The Morgan fingerprint density at radius 2 is 2.29 bits per heavy atom. The normalized spacial score (nSPS) is 20.2. The first-order valence-corrected chi connectivity index (χ1v) is 8.09. The van der Waals surface area contributed by atoms with Crippen LogP contribution in [0.1, 0.15) is 25.0 Å². The summed E-state index contributed by atoms with van der Waals surface area (Å²) in [7, 11) is 3.28. The highest BCUT2D eigenvalue weighted by molar-refractivity contribution is 7.99. The molecule has 1 aliphatic heterocycles. The van der Waals surface area contributed by atoms with E-state index in [1.165, 1.54) is 11.3 Å². The number of nitrogens with zero attached hydrogens (tertiary/aromatic N) is 1. The lowest BCUT2D eigenvalue weighted by Crippen LogP contribution is -2.03. The number of methoxy groups -OCH3 is 2. The number of allylic oxidation sites excluding steroid dienone is 3. The Kier molecular flexibility index (Phi) is 4.39. The van der Waals surface area contributed by atoms with Crippen molar-refractivity contribution in [2.45, 2.75) is 30.5 Å². The molecule has 5 heteroatoms. The molecule has 1 aromatic heterocycles. The van der Waals surface area contributed by atoms with Crippen LogP contribution in [0.3, 0.4) is 0 Å². The summed E-state index contributed by atoms with van der Waals surface area (Å²) in [5.41, 5.74) is 2.42. The Balaban J connectivity index is 1.63. The molecule has 1 aliphatic carbocycles. The third kappa shape index (κ3) is 3.02. The summed E-state index contributed by atoms with van der Waals surface area (Å²) in [6.07, 6.45) is 9.26. The fraction of sp³-hybridized carbons (Fsp3) is 0.438. The fourth-order valence-electron chi connectivity index (χ4n) is 2.61. The molecule has 4 nitrogen and oxygen atoms in total. The molecular formula is C16H19NO3S. The molecule has 0 radical (unpaired) electrons. The predicted molar refractivity (Wildman–Crippen MR) is 83.5 cm³/mol. The van der Waals surface area contributed by atoms with Crippen LogP contribution in [0.25, 0.3) is 0 Å². The molecule has 0 bridgehead atoms. The van der Waals surface area contributed by atoms with Crippen molar-refractivity contribution >= 4 is 11.8 Å². The van der Waals surface area contributed by atoms with Crippen LogP contribution < -0.4 is 9.47 Å². The van der Waals surface area contributed by atoms with Gasteiger partial charge in [-0.1, -0.05) is 12.2 Å². The molecule has 1 atom stereocenters. The highest BCUT2D eigenvalue weighted by Crippen LogP contribution is 2.39. The van der Waals surface area contributed by atoms with Gasteiger partial charge in [0, 0.05) is 30.9 Å². The fourth-order valence-corrected chi connectivity index (χ4v) is 3.64. The van der Waals surface area contributed by atoms with Crippen molar-refractivity contribution in [2.24, 2.45) is 0 Å². The monoisotopic (exact) mass is 305 g/mol. The van der Waals surface area contributed by atoms with E-state index in [0.717, 1.165) is 36.5 Å². The van der Waals surface area contributed by atoms with Gasteiger partial charge in [-0.2, -0.15) is 0 Å². The lowest BCUT2D eigenvalue weighted by Gasteiger charge is -2.14. The van der Waals surface area contributed by atoms with Crippen molar-refractivity contribution < 1.29 is 14.2 Å². The Morgan fingerprint density at radius 1 is 1.38 bits per heavy atom. The second kappa shape index (κ2) is 6.43. The van der Waals surface area contributed by atoms with Gasteiger partial charge in [-0.3, -0.25) is 4.98 Å². The maximum Gasteiger partial charge on any atom is 0.183 e. The molecule has 0 N–H and O–H groups in total. The summed E-state index contributed by atoms with van der Waals surface area (Å²) < 4.78 is 16.7. The molecule has 2 heterocycles. The van der Waals surface area contributed by atoms with Crippen LogP contribution >= 0.6 is 11.8 Å². The molecule has 21 heavy (non-hydrogen) atoms. The molecular weight excluding hydrogens is 286 g/mol. The summed E-state index contributed by atoms with van der Waals surface area (Å²) in [4.78, 5) is 4.40. The molecule has 0 amide bonds. The van der Waals surface area contributed by atoms with E-state index in [-0.39, 0.29) is 5.44 Å². The van der Waals surface area contributed by atoms with Gasteiger partial charge in [-0.05, 0) is 12.0 Å². The zero-order valence-corrected chi connectivity index (χ0v) is 13.1. The smallest absolute Gasteiger partial charge is 0.183 e. The lowest BCUT2D eigenvalue weighted by atomic mass is 10.1. The number of hydrogen-bond donors (Lipinski definition) is 0. The van der Waals surface area contributed by atoms with E-state index in [0.29, 0.717) is 5.75 Å². The summed E-state index contributed by atoms with van der Waals surface area (Å²) >= 11 is 1.76. The second-order valence-electron chi connectivity index (χ2n) is 4.95. The SMILES string of the molecule is COc1ccnc(CSC2CC3=C(CCC=C3)O2)c1OC. The Bertz CT molecular complexity index is 583. The van der Waals surface area contributed by atoms with Crippen LogP contribution in [0.4, 0.5) is 0 Å². The number of rotatable bonds is 5. The highest BCUT2D eigenvalue weighted by atomic mass is 32.2. The third-order valence-corrected chi connectivity index (χ3v) is 4.72. The lowest BCUT2D eigenvalue weighted by molar-refractivity contribution is 0.207. The van der Waals surface area contributed by atoms with Gasteiger partial charge in [0.15, 0.2) is 11.5 Å². The number of pyridine rings is 1. The van der Waals surface area contributed by atoms with E-state index < -0.39 is 0 Å². The van der Waals surface area contributed by atoms with Crippen LogP contribution in [0.2, 0.25) is 0 Å². The number of hydrogen-bond acceptors (Lipinski definition) is 5. The number of ether oxygens (including phenoxy) is 3. The van der Waals surface area contributed by atoms with Gasteiger partial charge in [0.25, 0.3) is 0 Å². The minimum absolute atomic E-state index is 0.176. The van der Waals surface area contributed by atoms with Crippen molar-refractivity contribution in [3.63, 3.8) is 0 Å². The highest BCUT2D eigenvalue weighted by Gasteiger charge is 2.26. The average molecular weight is 305 g/mol. The van der Waals surface area contributed by atoms with Crippen LogP contribution in [0, 0.1) is 0 Å². The minimum atomic E-state index is 0.176. The molecule has 0 fully saturated rings. The second-order valence-corrected chi connectivity index (χ2v) is 6.09. The van der Waals surface area contributed by atoms with Gasteiger partial charge < -0.3 is 14.2 Å². The maximum atomic E-state index is 6.01. The maximum absolute atomic E-state index is 6.01. The predicted octanol–water partition coefficient (Wildman–Crippen LogP) is 3.68. The Labute approximate surface area is 129 Å². The summed E-state index contributed by atoms with van der Waals surface area (Å²) in [5.74, 6) is 3.34. The van der Waals surface area contributed by atoms with Gasteiger partial charge in [-0.15, -0.1) is 11.8 Å². The summed E-state index contributed by atoms with van der Waals surface area (Å²) in [5, 5.41) is 0. The molecule has 0 spiro atoms. The van der Waals surface area contributed by atoms with Gasteiger partial charge in [0.1, 0.15) is 11.2 Å². The molecule has 112 valence electrons. The topological polar surface area (TPSA) is 40.6 Å². The first kappa shape index (κ1) is 14.3. The zero-order valence-electron chi connectivity index (χ0n) is 12.3. The standard InChI is InChI=1S/C16H19NO3S/c1-18-14-7-8-17-12(16(14)19-2)10-21-15-9-11-5-3-4-6-13(11)20-15/h3,5,7-8,15H,4,6,9-10H2,1-2H3. The zero-order chi connectivity index (χ0) is 14.7. The van der Waals surface area contributed by atoms with Crippen molar-refractivity contribution in [2.75, 3.05) is 14.2 Å². The molecule has 3 rings (SSSR count). The van der Waals surface area contributed by atoms with Crippen molar-refractivity contribution in [1.29, 1.82) is 0 Å². The van der Waals surface area contributed by atoms with E-state index in [1.807, 2.05) is 6.07 Å². The molecule has 1 unspecified atom stereocenters. The average Bonchev–Trinajstić information content (AvgIpc) is 2.95. The molecule has 0 aromatic carbocycles. The van der Waals surface area contributed by atoms with Gasteiger partial charge in [0.05, 0.1) is 19.9 Å². The first-order valence-electron chi connectivity index (χ1n) is 7.04. The van der Waals surface area contributed by atoms with E-state index >= 15 is 0 Å². The summed E-state index contributed by atoms with van der Waals surface area (Å²) in [6.45, 7) is 0. The minimum Gasteiger partial charge on any atom is -0.493 e. The van der Waals surface area contributed by atoms with Crippen LogP contribution in [0.5, 0.6) is 11.5 Å². The summed E-state index contributed by atoms with van der Waals surface area (Å²) in [6, 6.07) is 1.81. The van der Waals surface area contributed by atoms with Gasteiger partial charge in [-0.25, -0.2) is 0 Å². The molecule has 1 aromatic rings. The third-order valence-electron chi connectivity index (χ3n) is 3.65. The van der Waals surface area contributed by atoms with Crippen molar-refractivity contribution in [3.8, 4) is 11.5 Å². The van der Waals surface area contributed by atoms with E-state index in [2.05, 4.69) is 17.1 Å². The largest absolute Gasteiger partial charge is 0.493 e. The Morgan fingerprint density at radius 3 is 3.05 bits per heavy atom. The van der Waals surface area contributed by atoms with Crippen LogP contribution in [-0.4, -0.2) is 24.6 Å². The molecule has 2 aliphatic rings. The number of aromatic nitrogens is 1. The van der Waals surface area contributed by atoms with Crippen LogP contribution in [-0.2, 0) is 10.5 Å². The quantitative estimate of drug-likeness (QED) is 0.830. The van der Waals surface area contributed by atoms with E-state index in [1.54, 1.807) is 32.2 Å². The van der Waals surface area contributed by atoms with Crippen molar-refractivity contribution in [3.05, 3.63) is 41.4 Å². The van der Waals surface area contributed by atoms with Gasteiger partial charge in [0.2, 0.25) is 0 Å². The van der Waals surface area contributed by atoms with Gasteiger partial charge >= 0.3 is 0 Å². The molecule has 0 saturated heterocycles. The first-order chi connectivity index (χ1) is 10.3. The molecule has 0 saturated carbocycles. The van der Waals surface area contributed by atoms with E-state index in [9.17, 15) is 0 Å². The van der Waals surface area contributed by atoms with Crippen molar-refractivity contribution in [1.82, 2.24) is 4.98 Å². The Hall–Kier alpha value is -1.62. The van der Waals surface area contributed by atoms with E-state index in [4.69, 9.17) is 14.2 Å². The number of thioether (sulfide) groups is 1.